The van der Waals surface area contributed by atoms with E-state index in [1.54, 1.807) is 4.90 Å². The van der Waals surface area contributed by atoms with Crippen molar-refractivity contribution >= 4 is 17.8 Å². The van der Waals surface area contributed by atoms with Crippen LogP contribution >= 0.6 is 0 Å². The highest BCUT2D eigenvalue weighted by Crippen LogP contribution is 2.10. The van der Waals surface area contributed by atoms with Gasteiger partial charge < -0.3 is 10.1 Å². The van der Waals surface area contributed by atoms with E-state index in [2.05, 4.69) is 15.0 Å². The van der Waals surface area contributed by atoms with E-state index in [0.29, 0.717) is 19.0 Å². The maximum Gasteiger partial charge on any atom is 0.332 e. The average molecular weight is 253 g/mol. The highest BCUT2D eigenvalue weighted by atomic mass is 16.5. The third-order valence-corrected chi connectivity index (χ3v) is 2.37. The van der Waals surface area contributed by atoms with Crippen molar-refractivity contribution in [2.75, 3.05) is 20.2 Å². The highest BCUT2D eigenvalue weighted by Gasteiger charge is 2.31. The molecule has 0 spiro atoms. The van der Waals surface area contributed by atoms with Crippen molar-refractivity contribution in [2.45, 2.75) is 26.7 Å². The summed E-state index contributed by atoms with van der Waals surface area (Å²) in [6.07, 6.45) is 2.87. The third-order valence-electron chi connectivity index (χ3n) is 2.37. The molecule has 0 atom stereocenters. The van der Waals surface area contributed by atoms with Crippen molar-refractivity contribution in [2.24, 2.45) is 4.99 Å². The lowest BCUT2D eigenvalue weighted by Gasteiger charge is -2.13. The van der Waals surface area contributed by atoms with Gasteiger partial charge in [0.2, 0.25) is 5.96 Å². The second-order valence-corrected chi connectivity index (χ2v) is 3.87. The van der Waals surface area contributed by atoms with Crippen LogP contribution in [-0.2, 0) is 14.3 Å². The summed E-state index contributed by atoms with van der Waals surface area (Å²) < 4.78 is 4.51. The molecular formula is C12H19N3O3. The maximum absolute atomic E-state index is 12.0. The van der Waals surface area contributed by atoms with Crippen molar-refractivity contribution < 1.29 is 14.3 Å². The molecule has 1 amide bonds. The molecule has 0 aromatic carbocycles. The quantitative estimate of drug-likeness (QED) is 0.577. The van der Waals surface area contributed by atoms with Crippen LogP contribution in [0.4, 0.5) is 0 Å². The van der Waals surface area contributed by atoms with Gasteiger partial charge in [0.1, 0.15) is 5.70 Å². The van der Waals surface area contributed by atoms with Gasteiger partial charge in [-0.25, -0.2) is 4.79 Å². The molecule has 0 bridgehead atoms. The molecule has 0 radical (unpaired) electrons. The zero-order chi connectivity index (χ0) is 13.5. The minimum absolute atomic E-state index is 0.213. The molecule has 100 valence electrons. The first kappa shape index (κ1) is 14.2. The first-order chi connectivity index (χ1) is 8.63. The lowest BCUT2D eigenvalue weighted by Crippen LogP contribution is -2.33. The molecule has 1 aliphatic rings. The molecule has 1 rings (SSSR count). The number of guanidine groups is 1. The van der Waals surface area contributed by atoms with Crippen molar-refractivity contribution in [1.29, 1.82) is 0 Å². The van der Waals surface area contributed by atoms with Gasteiger partial charge in [-0.2, -0.15) is 0 Å². The van der Waals surface area contributed by atoms with Crippen molar-refractivity contribution in [3.63, 3.8) is 0 Å². The molecule has 1 saturated heterocycles. The van der Waals surface area contributed by atoms with Crippen LogP contribution in [0.15, 0.2) is 16.8 Å². The van der Waals surface area contributed by atoms with Gasteiger partial charge >= 0.3 is 5.97 Å². The fourth-order valence-electron chi connectivity index (χ4n) is 1.53. The minimum Gasteiger partial charge on any atom is -0.466 e. The standard InChI is InChI=1S/C12H19N3O3/c1-4-6-13-12-14-9(8-10(16)18-3)11(17)15(12)7-5-2/h8H,4-7H2,1-3H3,(H,13,14)/b9-8-. The summed E-state index contributed by atoms with van der Waals surface area (Å²) in [6, 6.07) is 0. The second-order valence-electron chi connectivity index (χ2n) is 3.87. The molecule has 1 aliphatic heterocycles. The number of nitrogens with one attached hydrogen (secondary N) is 1. The van der Waals surface area contributed by atoms with Crippen LogP contribution < -0.4 is 5.32 Å². The van der Waals surface area contributed by atoms with E-state index in [4.69, 9.17) is 0 Å². The van der Waals surface area contributed by atoms with Crippen LogP contribution in [-0.4, -0.2) is 42.9 Å². The Bertz CT molecular complexity index is 388. The van der Waals surface area contributed by atoms with Gasteiger partial charge in [0.15, 0.2) is 0 Å². The van der Waals surface area contributed by atoms with Crippen LogP contribution in [0.3, 0.4) is 0 Å². The Balaban J connectivity index is 2.91. The minimum atomic E-state index is -0.556. The lowest BCUT2D eigenvalue weighted by molar-refractivity contribution is -0.135. The summed E-state index contributed by atoms with van der Waals surface area (Å²) in [5, 5.41) is 2.86. The van der Waals surface area contributed by atoms with Gasteiger partial charge in [-0.3, -0.25) is 14.7 Å². The number of methoxy groups -OCH3 is 1. The van der Waals surface area contributed by atoms with E-state index in [1.165, 1.54) is 7.11 Å². The Morgan fingerprint density at radius 1 is 1.44 bits per heavy atom. The summed E-state index contributed by atoms with van der Waals surface area (Å²) >= 11 is 0. The van der Waals surface area contributed by atoms with E-state index in [0.717, 1.165) is 18.9 Å². The number of nitrogens with zero attached hydrogens (tertiary/aromatic N) is 2. The van der Waals surface area contributed by atoms with Crippen molar-refractivity contribution in [3.8, 4) is 0 Å². The number of ether oxygens (including phenoxy) is 1. The number of aliphatic imine (C=N–C) groups is 1. The average Bonchev–Trinajstić information content (AvgIpc) is 2.65. The monoisotopic (exact) mass is 253 g/mol. The molecule has 1 fully saturated rings. The van der Waals surface area contributed by atoms with E-state index in [-0.39, 0.29) is 11.6 Å². The van der Waals surface area contributed by atoms with E-state index >= 15 is 0 Å². The number of rotatable bonds is 5. The first-order valence-corrected chi connectivity index (χ1v) is 6.07. The summed E-state index contributed by atoms with van der Waals surface area (Å²) in [7, 11) is 1.27. The fraction of sp³-hybridized carbons (Fsp3) is 0.583. The van der Waals surface area contributed by atoms with Crippen molar-refractivity contribution in [1.82, 2.24) is 10.2 Å². The first-order valence-electron chi connectivity index (χ1n) is 6.07. The molecule has 6 nitrogen and oxygen atoms in total. The third kappa shape index (κ3) is 3.32. The second kappa shape index (κ2) is 6.78. The van der Waals surface area contributed by atoms with Gasteiger partial charge in [-0.15, -0.1) is 0 Å². The Labute approximate surface area is 107 Å². The lowest BCUT2D eigenvalue weighted by atomic mass is 10.3. The number of carbonyl (C=O) groups is 2. The molecule has 0 unspecified atom stereocenters. The zero-order valence-corrected chi connectivity index (χ0v) is 11.0. The molecule has 6 heteroatoms. The van der Waals surface area contributed by atoms with Crippen LogP contribution in [0.1, 0.15) is 26.7 Å². The van der Waals surface area contributed by atoms with Gasteiger partial charge in [-0.05, 0) is 12.8 Å². The maximum atomic E-state index is 12.0. The summed E-state index contributed by atoms with van der Waals surface area (Å²) in [5.41, 5.74) is 0.213. The van der Waals surface area contributed by atoms with Gasteiger partial charge in [-0.1, -0.05) is 13.8 Å². The summed E-state index contributed by atoms with van der Waals surface area (Å²) in [5.74, 6) is -0.282. The number of esters is 1. The molecule has 0 saturated carbocycles. The smallest absolute Gasteiger partial charge is 0.332 e. The molecule has 1 heterocycles. The predicted octanol–water partition coefficient (Wildman–Crippen LogP) is 0.651. The Hall–Kier alpha value is -1.85. The predicted molar refractivity (Wildman–Crippen MR) is 67.8 cm³/mol. The Morgan fingerprint density at radius 3 is 2.72 bits per heavy atom. The molecule has 18 heavy (non-hydrogen) atoms. The Kier molecular flexibility index (Phi) is 5.35. The highest BCUT2D eigenvalue weighted by molar-refractivity contribution is 6.15. The van der Waals surface area contributed by atoms with Gasteiger partial charge in [0.25, 0.3) is 5.91 Å². The van der Waals surface area contributed by atoms with Crippen LogP contribution in [0, 0.1) is 0 Å². The largest absolute Gasteiger partial charge is 0.466 e. The van der Waals surface area contributed by atoms with E-state index < -0.39 is 5.97 Å². The molecular weight excluding hydrogens is 234 g/mol. The fourth-order valence-corrected chi connectivity index (χ4v) is 1.53. The zero-order valence-electron chi connectivity index (χ0n) is 11.0. The molecule has 0 aromatic rings. The molecule has 0 aromatic heterocycles. The van der Waals surface area contributed by atoms with Crippen LogP contribution in [0.2, 0.25) is 0 Å². The molecule has 1 N–H and O–H groups in total. The van der Waals surface area contributed by atoms with Crippen LogP contribution in [0.5, 0.6) is 0 Å². The topological polar surface area (TPSA) is 71.0 Å². The normalized spacial score (nSPS) is 19.5. The van der Waals surface area contributed by atoms with Gasteiger partial charge in [0, 0.05) is 13.1 Å². The Morgan fingerprint density at radius 2 is 2.17 bits per heavy atom. The van der Waals surface area contributed by atoms with Gasteiger partial charge in [0.05, 0.1) is 13.2 Å². The number of amides is 1. The number of hydrogen-bond donors (Lipinski definition) is 1. The van der Waals surface area contributed by atoms with E-state index in [9.17, 15) is 9.59 Å². The summed E-state index contributed by atoms with van der Waals surface area (Å²) in [4.78, 5) is 29.0. The van der Waals surface area contributed by atoms with Crippen molar-refractivity contribution in [3.05, 3.63) is 11.8 Å². The SMILES string of the molecule is CCCN=C1N/C(=C\C(=O)OC)C(=O)N1CCC. The number of carbonyl (C=O) groups excluding carboxylic acids is 2. The molecule has 0 aliphatic carbocycles. The van der Waals surface area contributed by atoms with E-state index in [1.807, 2.05) is 13.8 Å². The van der Waals surface area contributed by atoms with Crippen LogP contribution in [0.25, 0.3) is 0 Å². The number of hydrogen-bond acceptors (Lipinski definition) is 4. The summed E-state index contributed by atoms with van der Waals surface area (Å²) in [6.45, 7) is 5.21.